The van der Waals surface area contributed by atoms with Crippen LogP contribution in [0.2, 0.25) is 0 Å². The number of aliphatic carboxylic acids is 2. The molecule has 62 heavy (non-hydrogen) atoms. The van der Waals surface area contributed by atoms with Crippen molar-refractivity contribution < 1.29 is 94.1 Å². The SMILES string of the molecule is [N-]=[N+]=N[C@@H](CCCCNC(=O)C1=C[C@H](O)[C@@H](NC(=O)[C@@H](CCC(=O)O)NC(=O)C2=C[C@H](O)[C@@H](NC(=O)[C@H](N)CCC(=O)O)[C@H]([C@H](O)[C@H](O)CO)O2)[C@H]([C@H](O)[C@H](O)CO)O1)C(N)=O. The molecule has 0 fully saturated rings. The number of carboxylic acid groups (broad SMARTS) is 2. The molecule has 0 radical (unpaired) electrons. The van der Waals surface area contributed by atoms with Gasteiger partial charge in [-0.2, -0.15) is 0 Å². The van der Waals surface area contributed by atoms with Gasteiger partial charge in [0.25, 0.3) is 11.8 Å². The molecule has 0 saturated carbocycles. The van der Waals surface area contributed by atoms with Crippen LogP contribution >= 0.6 is 0 Å². The van der Waals surface area contributed by atoms with E-state index in [9.17, 15) is 79.5 Å². The van der Waals surface area contributed by atoms with Gasteiger partial charge in [0.1, 0.15) is 48.7 Å². The number of nitrogens with one attached hydrogen (secondary N) is 4. The summed E-state index contributed by atoms with van der Waals surface area (Å²) in [6.45, 7) is -2.20. The molecular weight excluding hydrogens is 838 g/mol. The fraction of sp³-hybridized carbons (Fsp3) is 0.676. The van der Waals surface area contributed by atoms with Crippen LogP contribution in [0.1, 0.15) is 44.9 Å². The molecule has 28 nitrogen and oxygen atoms in total. The lowest BCUT2D eigenvalue weighted by Gasteiger charge is -2.39. The van der Waals surface area contributed by atoms with E-state index in [4.69, 9.17) is 31.6 Å². The molecule has 2 aliphatic heterocycles. The Balaban J connectivity index is 2.34. The summed E-state index contributed by atoms with van der Waals surface area (Å²) >= 11 is 0. The number of amides is 5. The maximum Gasteiger partial charge on any atom is 0.303 e. The maximum atomic E-state index is 13.7. The van der Waals surface area contributed by atoms with Crippen molar-refractivity contribution in [3.63, 3.8) is 0 Å². The number of carbonyl (C=O) groups is 7. The predicted octanol–water partition coefficient (Wildman–Crippen LogP) is -7.34. The number of nitrogens with two attached hydrogens (primary N) is 2. The molecule has 0 aromatic carbocycles. The summed E-state index contributed by atoms with van der Waals surface area (Å²) in [5, 5.41) is 113. The number of unbranched alkanes of at least 4 members (excludes halogenated alkanes) is 1. The molecule has 0 spiro atoms. The average molecular weight is 892 g/mol. The number of carbonyl (C=O) groups excluding carboxylic acids is 5. The molecule has 0 aromatic rings. The van der Waals surface area contributed by atoms with Gasteiger partial charge in [0.15, 0.2) is 23.7 Å². The van der Waals surface area contributed by atoms with E-state index in [1.807, 2.05) is 0 Å². The summed E-state index contributed by atoms with van der Waals surface area (Å²) in [6.07, 6.45) is -16.1. The van der Waals surface area contributed by atoms with Gasteiger partial charge in [-0.15, -0.1) is 0 Å². The number of aliphatic hydroxyl groups excluding tert-OH is 8. The first-order valence-electron chi connectivity index (χ1n) is 19.0. The van der Waals surface area contributed by atoms with Crippen LogP contribution < -0.4 is 32.7 Å². The van der Waals surface area contributed by atoms with Crippen molar-refractivity contribution in [2.24, 2.45) is 16.6 Å². The fourth-order valence-electron chi connectivity index (χ4n) is 6.02. The Morgan fingerprint density at radius 3 is 1.71 bits per heavy atom. The predicted molar refractivity (Wildman–Crippen MR) is 203 cm³/mol. The van der Waals surface area contributed by atoms with Crippen molar-refractivity contribution in [3.05, 3.63) is 34.1 Å². The second-order valence-corrected chi connectivity index (χ2v) is 14.1. The molecule has 5 amide bonds. The Labute approximate surface area is 351 Å². The van der Waals surface area contributed by atoms with E-state index in [0.717, 1.165) is 6.08 Å². The zero-order valence-electron chi connectivity index (χ0n) is 32.9. The summed E-state index contributed by atoms with van der Waals surface area (Å²) < 4.78 is 11.1. The highest BCUT2D eigenvalue weighted by Gasteiger charge is 2.46. The maximum absolute atomic E-state index is 13.7. The standard InChI is InChI=1S/C34H53N9O19/c35-13(4-6-22(50)51)31(57)40-24-17(47)10-21(62-28(24)26(54)18(48)11-44)34(60)39-15(5-7-23(52)53)32(58)41-25-16(46)9-20(61-29(25)27(55)19(49)12-45)33(59)38-8-2-1-3-14(30(36)56)42-43-37/h9-10,13-19,24-29,44-49,54-55H,1-8,11-12,35H2,(H2,36,56)(H,38,59)(H,39,60)(H,40,57)(H,41,58)(H,50,51)(H,52,53)/t13-,14+,15-,16+,17+,18-,19-,24-,25-,26-,27-,28-,29-/m1/s1. The number of primary amides is 1. The Morgan fingerprint density at radius 1 is 0.758 bits per heavy atom. The monoisotopic (exact) mass is 891 g/mol. The lowest BCUT2D eigenvalue weighted by molar-refractivity contribution is -0.145. The lowest BCUT2D eigenvalue weighted by atomic mass is 9.93. The summed E-state index contributed by atoms with van der Waals surface area (Å²) in [5.74, 6) is -9.67. The molecule has 0 bridgehead atoms. The first-order chi connectivity index (χ1) is 29.2. The largest absolute Gasteiger partial charge is 0.481 e. The third-order valence-electron chi connectivity index (χ3n) is 9.50. The van der Waals surface area contributed by atoms with Crippen LogP contribution in [0.5, 0.6) is 0 Å². The van der Waals surface area contributed by atoms with Gasteiger partial charge in [0.05, 0.1) is 31.3 Å². The zero-order chi connectivity index (χ0) is 46.8. The fourth-order valence-corrected chi connectivity index (χ4v) is 6.02. The number of hydrogen-bond donors (Lipinski definition) is 16. The van der Waals surface area contributed by atoms with Crippen LogP contribution in [-0.2, 0) is 43.0 Å². The minimum atomic E-state index is -2.13. The van der Waals surface area contributed by atoms with E-state index in [1.54, 1.807) is 0 Å². The molecule has 0 aliphatic carbocycles. The molecule has 0 aromatic heterocycles. The quantitative estimate of drug-likeness (QED) is 0.0166. The van der Waals surface area contributed by atoms with Crippen LogP contribution in [0.25, 0.3) is 10.4 Å². The van der Waals surface area contributed by atoms with Crippen molar-refractivity contribution in [1.82, 2.24) is 21.3 Å². The van der Waals surface area contributed by atoms with Crippen molar-refractivity contribution in [3.8, 4) is 0 Å². The van der Waals surface area contributed by atoms with E-state index in [2.05, 4.69) is 31.3 Å². The first kappa shape index (κ1) is 52.5. The number of ether oxygens (including phenoxy) is 2. The highest BCUT2D eigenvalue weighted by molar-refractivity contribution is 5.96. The van der Waals surface area contributed by atoms with Gasteiger partial charge in [-0.1, -0.05) is 11.5 Å². The number of rotatable bonds is 26. The first-order valence-corrected chi connectivity index (χ1v) is 19.0. The molecule has 28 heteroatoms. The minimum Gasteiger partial charge on any atom is -0.481 e. The van der Waals surface area contributed by atoms with Crippen LogP contribution in [0, 0.1) is 0 Å². The third kappa shape index (κ3) is 15.7. The van der Waals surface area contributed by atoms with E-state index in [1.165, 1.54) is 0 Å². The Bertz CT molecular complexity index is 1710. The van der Waals surface area contributed by atoms with E-state index in [-0.39, 0.29) is 32.2 Å². The summed E-state index contributed by atoms with van der Waals surface area (Å²) in [4.78, 5) is 89.2. The smallest absolute Gasteiger partial charge is 0.303 e. The van der Waals surface area contributed by atoms with Gasteiger partial charge in [-0.05, 0) is 43.4 Å². The molecule has 0 saturated heterocycles. The third-order valence-corrected chi connectivity index (χ3v) is 9.50. The second-order valence-electron chi connectivity index (χ2n) is 14.1. The van der Waals surface area contributed by atoms with Gasteiger partial charge in [-0.25, -0.2) is 0 Å². The van der Waals surface area contributed by atoms with E-state index >= 15 is 0 Å². The number of carboxylic acids is 2. The molecule has 2 heterocycles. The van der Waals surface area contributed by atoms with Gasteiger partial charge in [-0.3, -0.25) is 33.6 Å². The van der Waals surface area contributed by atoms with Gasteiger partial charge in [0, 0.05) is 24.3 Å². The Morgan fingerprint density at radius 2 is 1.24 bits per heavy atom. The highest BCUT2D eigenvalue weighted by atomic mass is 16.5. The number of nitrogens with zero attached hydrogens (tertiary/aromatic N) is 3. The zero-order valence-corrected chi connectivity index (χ0v) is 32.9. The second kappa shape index (κ2) is 25.3. The number of azide groups is 1. The topological polar surface area (TPSA) is 489 Å². The summed E-state index contributed by atoms with van der Waals surface area (Å²) in [6, 6.07) is -7.88. The van der Waals surface area contributed by atoms with Gasteiger partial charge < -0.3 is 93.3 Å². The van der Waals surface area contributed by atoms with Crippen molar-refractivity contribution in [2.45, 2.75) is 124 Å². The van der Waals surface area contributed by atoms with Crippen molar-refractivity contribution in [2.75, 3.05) is 19.8 Å². The Hall–Kier alpha value is -5.68. The molecular formula is C34H53N9O19. The van der Waals surface area contributed by atoms with Crippen LogP contribution in [-0.4, -0.2) is 191 Å². The molecule has 13 atom stereocenters. The van der Waals surface area contributed by atoms with Crippen LogP contribution in [0.3, 0.4) is 0 Å². The summed E-state index contributed by atoms with van der Waals surface area (Å²) in [5.41, 5.74) is 19.4. The highest BCUT2D eigenvalue weighted by Crippen LogP contribution is 2.25. The summed E-state index contributed by atoms with van der Waals surface area (Å²) in [7, 11) is 0. The van der Waals surface area contributed by atoms with Gasteiger partial charge >= 0.3 is 11.9 Å². The van der Waals surface area contributed by atoms with Crippen molar-refractivity contribution >= 4 is 41.5 Å². The molecule has 0 unspecified atom stereocenters. The molecule has 348 valence electrons. The molecule has 2 rings (SSSR count). The lowest BCUT2D eigenvalue weighted by Crippen LogP contribution is -2.63. The molecule has 18 N–H and O–H groups in total. The van der Waals surface area contributed by atoms with E-state index < -0.39 is 165 Å². The Kier molecular flexibility index (Phi) is 21.4. The van der Waals surface area contributed by atoms with E-state index in [0.29, 0.717) is 6.08 Å². The number of hydrogen-bond acceptors (Lipinski definition) is 19. The van der Waals surface area contributed by atoms with Crippen molar-refractivity contribution in [1.29, 1.82) is 0 Å². The van der Waals surface area contributed by atoms with Gasteiger partial charge in [0.2, 0.25) is 17.7 Å². The average Bonchev–Trinajstić information content (AvgIpc) is 3.22. The minimum absolute atomic E-state index is 0.0497. The normalized spacial score (nSPS) is 24.2. The van der Waals surface area contributed by atoms with Crippen LogP contribution in [0.4, 0.5) is 0 Å². The number of aliphatic hydroxyl groups is 8. The van der Waals surface area contributed by atoms with Crippen LogP contribution in [0.15, 0.2) is 28.8 Å². The molecule has 2 aliphatic rings.